The van der Waals surface area contributed by atoms with Crippen LogP contribution in [0.5, 0.6) is 0 Å². The first-order chi connectivity index (χ1) is 13.0. The molecule has 4 rings (SSSR count). The van der Waals surface area contributed by atoms with Crippen molar-refractivity contribution in [2.45, 2.75) is 52.2 Å². The zero-order valence-corrected chi connectivity index (χ0v) is 15.8. The molecule has 0 saturated heterocycles. The molecule has 0 radical (unpaired) electrons. The van der Waals surface area contributed by atoms with Gasteiger partial charge in [-0.15, -0.1) is 0 Å². The first kappa shape index (κ1) is 17.7. The Morgan fingerprint density at radius 3 is 2.67 bits per heavy atom. The average molecular weight is 367 g/mol. The number of aromatic nitrogens is 3. The van der Waals surface area contributed by atoms with Gasteiger partial charge in [-0.05, 0) is 44.4 Å². The molecular formula is C20H25N5O2. The van der Waals surface area contributed by atoms with Gasteiger partial charge in [0.1, 0.15) is 0 Å². The number of pyridine rings is 1. The summed E-state index contributed by atoms with van der Waals surface area (Å²) in [5.74, 6) is 0.699. The molecule has 1 aliphatic heterocycles. The van der Waals surface area contributed by atoms with Crippen LogP contribution < -0.4 is 5.32 Å². The molecule has 3 heterocycles. The summed E-state index contributed by atoms with van der Waals surface area (Å²) < 4.78 is 2.02. The molecule has 1 aliphatic carbocycles. The summed E-state index contributed by atoms with van der Waals surface area (Å²) in [7, 11) is 0. The third-order valence-corrected chi connectivity index (χ3v) is 5.21. The van der Waals surface area contributed by atoms with Crippen LogP contribution in [0.1, 0.15) is 60.3 Å². The molecule has 7 nitrogen and oxygen atoms in total. The molecule has 1 saturated carbocycles. The SMILES string of the molecule is CC(C)n1c(C(=O)NCc2ccncc2)nc2c1CCN(C(=O)C1CC1)C2. The van der Waals surface area contributed by atoms with Crippen LogP contribution in [-0.2, 0) is 24.3 Å². The second-order valence-corrected chi connectivity index (χ2v) is 7.61. The van der Waals surface area contributed by atoms with E-state index in [0.29, 0.717) is 25.5 Å². The average Bonchev–Trinajstić information content (AvgIpc) is 3.45. The maximum Gasteiger partial charge on any atom is 0.287 e. The Hall–Kier alpha value is -2.70. The molecule has 1 fully saturated rings. The van der Waals surface area contributed by atoms with E-state index in [1.807, 2.05) is 21.6 Å². The fourth-order valence-electron chi connectivity index (χ4n) is 3.66. The molecule has 2 aromatic heterocycles. The maximum atomic E-state index is 12.8. The number of amides is 2. The second-order valence-electron chi connectivity index (χ2n) is 7.61. The van der Waals surface area contributed by atoms with Gasteiger partial charge in [-0.3, -0.25) is 14.6 Å². The van der Waals surface area contributed by atoms with E-state index in [2.05, 4.69) is 29.1 Å². The fraction of sp³-hybridized carbons (Fsp3) is 0.500. The van der Waals surface area contributed by atoms with Gasteiger partial charge in [0.15, 0.2) is 5.82 Å². The van der Waals surface area contributed by atoms with E-state index in [1.54, 1.807) is 12.4 Å². The molecule has 7 heteroatoms. The summed E-state index contributed by atoms with van der Waals surface area (Å²) in [6, 6.07) is 3.89. The van der Waals surface area contributed by atoms with Crippen LogP contribution in [0.25, 0.3) is 0 Å². The smallest absolute Gasteiger partial charge is 0.287 e. The van der Waals surface area contributed by atoms with Gasteiger partial charge in [-0.1, -0.05) is 0 Å². The predicted molar refractivity (Wildman–Crippen MR) is 99.9 cm³/mol. The number of hydrogen-bond acceptors (Lipinski definition) is 4. The molecule has 0 atom stereocenters. The minimum absolute atomic E-state index is 0.133. The normalized spacial score (nSPS) is 16.3. The van der Waals surface area contributed by atoms with Gasteiger partial charge in [-0.25, -0.2) is 4.98 Å². The predicted octanol–water partition coefficient (Wildman–Crippen LogP) is 2.08. The number of carbonyl (C=O) groups is 2. The molecule has 0 aromatic carbocycles. The molecular weight excluding hydrogens is 342 g/mol. The third-order valence-electron chi connectivity index (χ3n) is 5.21. The minimum atomic E-state index is -0.185. The van der Waals surface area contributed by atoms with E-state index in [1.165, 1.54) is 0 Å². The Morgan fingerprint density at radius 2 is 2.00 bits per heavy atom. The van der Waals surface area contributed by atoms with Gasteiger partial charge in [0.25, 0.3) is 5.91 Å². The quantitative estimate of drug-likeness (QED) is 0.877. The van der Waals surface area contributed by atoms with E-state index in [0.717, 1.165) is 36.2 Å². The van der Waals surface area contributed by atoms with Crippen LogP contribution in [0.2, 0.25) is 0 Å². The lowest BCUT2D eigenvalue weighted by molar-refractivity contribution is -0.133. The first-order valence-corrected chi connectivity index (χ1v) is 9.60. The lowest BCUT2D eigenvalue weighted by Crippen LogP contribution is -2.37. The van der Waals surface area contributed by atoms with Crippen molar-refractivity contribution < 1.29 is 9.59 Å². The van der Waals surface area contributed by atoms with Crippen LogP contribution in [0.4, 0.5) is 0 Å². The summed E-state index contributed by atoms with van der Waals surface area (Å²) in [6.45, 7) is 5.77. The van der Waals surface area contributed by atoms with E-state index in [4.69, 9.17) is 0 Å². The van der Waals surface area contributed by atoms with Gasteiger partial charge in [0.2, 0.25) is 5.91 Å². The van der Waals surface area contributed by atoms with Gasteiger partial charge in [0, 0.05) is 49.6 Å². The lowest BCUT2D eigenvalue weighted by atomic mass is 10.1. The highest BCUT2D eigenvalue weighted by Crippen LogP contribution is 2.33. The van der Waals surface area contributed by atoms with E-state index >= 15 is 0 Å². The van der Waals surface area contributed by atoms with Gasteiger partial charge < -0.3 is 14.8 Å². The number of nitrogens with one attached hydrogen (secondary N) is 1. The Labute approximate surface area is 158 Å². The highest BCUT2D eigenvalue weighted by molar-refractivity contribution is 5.91. The highest BCUT2D eigenvalue weighted by Gasteiger charge is 2.36. The third kappa shape index (κ3) is 3.59. The molecule has 142 valence electrons. The van der Waals surface area contributed by atoms with E-state index in [9.17, 15) is 9.59 Å². The minimum Gasteiger partial charge on any atom is -0.345 e. The van der Waals surface area contributed by atoms with Gasteiger partial charge in [0.05, 0.1) is 12.2 Å². The van der Waals surface area contributed by atoms with E-state index < -0.39 is 0 Å². The number of nitrogens with zero attached hydrogens (tertiary/aromatic N) is 4. The van der Waals surface area contributed by atoms with Crippen molar-refractivity contribution in [3.05, 3.63) is 47.3 Å². The maximum absolute atomic E-state index is 12.8. The van der Waals surface area contributed by atoms with Crippen LogP contribution >= 0.6 is 0 Å². The summed E-state index contributed by atoms with van der Waals surface area (Å²) in [5, 5.41) is 2.95. The van der Waals surface area contributed by atoms with Crippen LogP contribution in [0.3, 0.4) is 0 Å². The topological polar surface area (TPSA) is 80.1 Å². The Kier molecular flexibility index (Phi) is 4.68. The Bertz CT molecular complexity index is 855. The van der Waals surface area contributed by atoms with Crippen LogP contribution in [0, 0.1) is 5.92 Å². The molecule has 2 aromatic rings. The standard InChI is InChI=1S/C20H25N5O2/c1-13(2)25-17-7-10-24(20(27)15-3-4-15)12-16(17)23-18(25)19(26)22-11-14-5-8-21-9-6-14/h5-6,8-9,13,15H,3-4,7,10-12H2,1-2H3,(H,22,26). The van der Waals surface area contributed by atoms with Crippen molar-refractivity contribution in [2.24, 2.45) is 5.92 Å². The number of carbonyl (C=O) groups excluding carboxylic acids is 2. The fourth-order valence-corrected chi connectivity index (χ4v) is 3.66. The molecule has 0 bridgehead atoms. The van der Waals surface area contributed by atoms with Gasteiger partial charge in [-0.2, -0.15) is 0 Å². The van der Waals surface area contributed by atoms with E-state index in [-0.39, 0.29) is 23.8 Å². The monoisotopic (exact) mass is 367 g/mol. The van der Waals surface area contributed by atoms with Crippen molar-refractivity contribution >= 4 is 11.8 Å². The molecule has 0 spiro atoms. The molecule has 0 unspecified atom stereocenters. The molecule has 27 heavy (non-hydrogen) atoms. The van der Waals surface area contributed by atoms with Crippen molar-refractivity contribution in [1.29, 1.82) is 0 Å². The number of hydrogen-bond donors (Lipinski definition) is 1. The molecule has 2 aliphatic rings. The summed E-state index contributed by atoms with van der Waals surface area (Å²) >= 11 is 0. The highest BCUT2D eigenvalue weighted by atomic mass is 16.2. The number of fused-ring (bicyclic) bond motifs is 1. The molecule has 2 amide bonds. The molecule has 1 N–H and O–H groups in total. The van der Waals surface area contributed by atoms with Crippen molar-refractivity contribution in [3.63, 3.8) is 0 Å². The second kappa shape index (κ2) is 7.13. The largest absolute Gasteiger partial charge is 0.345 e. The van der Waals surface area contributed by atoms with Crippen molar-refractivity contribution in [2.75, 3.05) is 6.54 Å². The number of rotatable bonds is 5. The zero-order valence-electron chi connectivity index (χ0n) is 15.8. The first-order valence-electron chi connectivity index (χ1n) is 9.60. The summed E-state index contributed by atoms with van der Waals surface area (Å²) in [5.41, 5.74) is 2.93. The zero-order chi connectivity index (χ0) is 19.0. The number of imidazole rings is 1. The van der Waals surface area contributed by atoms with Crippen LogP contribution in [-0.4, -0.2) is 37.8 Å². The van der Waals surface area contributed by atoms with Crippen molar-refractivity contribution in [3.8, 4) is 0 Å². The van der Waals surface area contributed by atoms with Crippen LogP contribution in [0.15, 0.2) is 24.5 Å². The lowest BCUT2D eigenvalue weighted by Gasteiger charge is -2.28. The summed E-state index contributed by atoms with van der Waals surface area (Å²) in [4.78, 5) is 35.7. The Balaban J connectivity index is 1.54. The van der Waals surface area contributed by atoms with Gasteiger partial charge >= 0.3 is 0 Å². The summed E-state index contributed by atoms with van der Waals surface area (Å²) in [6.07, 6.45) is 6.18. The van der Waals surface area contributed by atoms with Crippen molar-refractivity contribution in [1.82, 2.24) is 24.8 Å². The Morgan fingerprint density at radius 1 is 1.26 bits per heavy atom.